The lowest BCUT2D eigenvalue weighted by Crippen LogP contribution is -2.23. The van der Waals surface area contributed by atoms with Gasteiger partial charge in [0.2, 0.25) is 0 Å². The highest BCUT2D eigenvalue weighted by Gasteiger charge is 2.15. The van der Waals surface area contributed by atoms with Gasteiger partial charge in [0, 0.05) is 30.2 Å². The summed E-state index contributed by atoms with van der Waals surface area (Å²) in [6.45, 7) is 4.35. The monoisotopic (exact) mass is 585 g/mol. The number of carbonyl (C=O) groups is 3. The van der Waals surface area contributed by atoms with Gasteiger partial charge in [0.05, 0.1) is 11.1 Å². The molecule has 44 heavy (non-hydrogen) atoms. The average molecular weight is 586 g/mol. The summed E-state index contributed by atoms with van der Waals surface area (Å²) in [5.41, 5.74) is 4.94. The SMILES string of the molecule is CC(C)c1cccc(OC(=O)c2cncc(C(=O)Nc3cccc(CNC(=O)c4cccc(-c5ccc(O)cc5)c4)c3)c2)c1. The normalized spacial score (nSPS) is 10.7. The first kappa shape index (κ1) is 29.7. The van der Waals surface area contributed by atoms with Gasteiger partial charge in [-0.2, -0.15) is 0 Å². The van der Waals surface area contributed by atoms with Crippen molar-refractivity contribution < 1.29 is 24.2 Å². The fourth-order valence-electron chi connectivity index (χ4n) is 4.52. The van der Waals surface area contributed by atoms with Gasteiger partial charge in [-0.25, -0.2) is 4.79 Å². The molecule has 0 atom stereocenters. The largest absolute Gasteiger partial charge is 0.508 e. The van der Waals surface area contributed by atoms with Gasteiger partial charge in [0.25, 0.3) is 11.8 Å². The Kier molecular flexibility index (Phi) is 9.10. The third-order valence-electron chi connectivity index (χ3n) is 6.93. The van der Waals surface area contributed by atoms with Crippen LogP contribution in [0.25, 0.3) is 11.1 Å². The van der Waals surface area contributed by atoms with Crippen molar-refractivity contribution in [3.8, 4) is 22.6 Å². The second-order valence-electron chi connectivity index (χ2n) is 10.5. The third kappa shape index (κ3) is 7.54. The molecule has 220 valence electrons. The van der Waals surface area contributed by atoms with Crippen LogP contribution < -0.4 is 15.4 Å². The maximum Gasteiger partial charge on any atom is 0.345 e. The van der Waals surface area contributed by atoms with Gasteiger partial charge in [-0.3, -0.25) is 14.6 Å². The lowest BCUT2D eigenvalue weighted by molar-refractivity contribution is 0.0733. The number of nitrogens with one attached hydrogen (secondary N) is 2. The predicted octanol–water partition coefficient (Wildman–Crippen LogP) is 6.98. The topological polar surface area (TPSA) is 118 Å². The summed E-state index contributed by atoms with van der Waals surface area (Å²) < 4.78 is 5.52. The summed E-state index contributed by atoms with van der Waals surface area (Å²) in [7, 11) is 0. The number of hydrogen-bond donors (Lipinski definition) is 3. The van der Waals surface area contributed by atoms with Crippen LogP contribution in [0.15, 0.2) is 116 Å². The molecule has 0 fully saturated rings. The second kappa shape index (κ2) is 13.5. The van der Waals surface area contributed by atoms with Crippen LogP contribution in [-0.2, 0) is 6.54 Å². The minimum Gasteiger partial charge on any atom is -0.508 e. The minimum atomic E-state index is -0.612. The molecule has 5 aromatic rings. The van der Waals surface area contributed by atoms with Gasteiger partial charge in [0.1, 0.15) is 11.5 Å². The van der Waals surface area contributed by atoms with Crippen molar-refractivity contribution in [1.82, 2.24) is 10.3 Å². The maximum atomic E-state index is 13.0. The second-order valence-corrected chi connectivity index (χ2v) is 10.5. The summed E-state index contributed by atoms with van der Waals surface area (Å²) >= 11 is 0. The number of phenolic OH excluding ortho intramolecular Hbond substituents is 1. The average Bonchev–Trinajstić information content (AvgIpc) is 3.04. The van der Waals surface area contributed by atoms with Crippen LogP contribution in [0, 0.1) is 0 Å². The van der Waals surface area contributed by atoms with E-state index < -0.39 is 11.9 Å². The minimum absolute atomic E-state index is 0.151. The fraction of sp³-hybridized carbons (Fsp3) is 0.111. The first-order chi connectivity index (χ1) is 21.2. The number of anilines is 1. The molecule has 0 aliphatic heterocycles. The van der Waals surface area contributed by atoms with E-state index in [1.165, 1.54) is 18.5 Å². The number of aromatic hydroxyl groups is 1. The third-order valence-corrected chi connectivity index (χ3v) is 6.93. The van der Waals surface area contributed by atoms with Crippen molar-refractivity contribution in [2.45, 2.75) is 26.3 Å². The predicted molar refractivity (Wildman–Crippen MR) is 169 cm³/mol. The van der Waals surface area contributed by atoms with Crippen LogP contribution in [0.2, 0.25) is 0 Å². The van der Waals surface area contributed by atoms with E-state index >= 15 is 0 Å². The molecule has 5 rings (SSSR count). The van der Waals surface area contributed by atoms with Gasteiger partial charge < -0.3 is 20.5 Å². The van der Waals surface area contributed by atoms with E-state index in [4.69, 9.17) is 4.74 Å². The van der Waals surface area contributed by atoms with Crippen molar-refractivity contribution >= 4 is 23.5 Å². The van der Waals surface area contributed by atoms with E-state index in [9.17, 15) is 19.5 Å². The zero-order valence-electron chi connectivity index (χ0n) is 24.3. The summed E-state index contributed by atoms with van der Waals surface area (Å²) in [6.07, 6.45) is 2.73. The van der Waals surface area contributed by atoms with Crippen LogP contribution in [-0.4, -0.2) is 27.9 Å². The van der Waals surface area contributed by atoms with Crippen LogP contribution in [0.5, 0.6) is 11.5 Å². The molecule has 1 aromatic heterocycles. The summed E-state index contributed by atoms with van der Waals surface area (Å²) in [6, 6.07) is 29.9. The van der Waals surface area contributed by atoms with Crippen LogP contribution in [0.4, 0.5) is 5.69 Å². The van der Waals surface area contributed by atoms with Crippen molar-refractivity contribution in [3.63, 3.8) is 0 Å². The molecule has 0 saturated heterocycles. The molecule has 0 aliphatic carbocycles. The Morgan fingerprint density at radius 3 is 2.30 bits per heavy atom. The van der Waals surface area contributed by atoms with E-state index in [-0.39, 0.29) is 35.2 Å². The summed E-state index contributed by atoms with van der Waals surface area (Å²) in [5, 5.41) is 15.3. The molecule has 8 heteroatoms. The molecule has 0 radical (unpaired) electrons. The molecule has 0 aliphatic rings. The van der Waals surface area contributed by atoms with Crippen LogP contribution in [0.3, 0.4) is 0 Å². The van der Waals surface area contributed by atoms with Gasteiger partial charge in [-0.05, 0) is 82.8 Å². The molecular formula is C36H31N3O5. The smallest absolute Gasteiger partial charge is 0.345 e. The van der Waals surface area contributed by atoms with Crippen LogP contribution >= 0.6 is 0 Å². The number of nitrogens with zero attached hydrogens (tertiary/aromatic N) is 1. The molecule has 2 amide bonds. The lowest BCUT2D eigenvalue weighted by Gasteiger charge is -2.11. The summed E-state index contributed by atoms with van der Waals surface area (Å²) in [4.78, 5) is 42.7. The fourth-order valence-corrected chi connectivity index (χ4v) is 4.52. The zero-order valence-corrected chi connectivity index (χ0v) is 24.3. The van der Waals surface area contributed by atoms with E-state index in [0.29, 0.717) is 17.0 Å². The highest BCUT2D eigenvalue weighted by molar-refractivity contribution is 6.05. The number of amides is 2. The number of aromatic nitrogens is 1. The molecule has 3 N–H and O–H groups in total. The van der Waals surface area contributed by atoms with Gasteiger partial charge in [0.15, 0.2) is 0 Å². The quantitative estimate of drug-likeness (QED) is 0.127. The van der Waals surface area contributed by atoms with E-state index in [1.54, 1.807) is 66.7 Å². The Morgan fingerprint density at radius 2 is 1.50 bits per heavy atom. The number of phenols is 1. The van der Waals surface area contributed by atoms with Gasteiger partial charge in [-0.15, -0.1) is 0 Å². The number of benzene rings is 4. The highest BCUT2D eigenvalue weighted by atomic mass is 16.5. The molecule has 8 nitrogen and oxygen atoms in total. The molecular weight excluding hydrogens is 554 g/mol. The van der Waals surface area contributed by atoms with Crippen molar-refractivity contribution in [2.75, 3.05) is 5.32 Å². The molecule has 1 heterocycles. The number of ether oxygens (including phenoxy) is 1. The summed E-state index contributed by atoms with van der Waals surface area (Å²) in [5.74, 6) is -0.419. The van der Waals surface area contributed by atoms with Gasteiger partial charge in [-0.1, -0.05) is 62.4 Å². The van der Waals surface area contributed by atoms with Crippen molar-refractivity contribution in [3.05, 3.63) is 143 Å². The van der Waals surface area contributed by atoms with Crippen molar-refractivity contribution in [1.29, 1.82) is 0 Å². The Bertz CT molecular complexity index is 1820. The molecule has 0 spiro atoms. The maximum absolute atomic E-state index is 13.0. The van der Waals surface area contributed by atoms with E-state index in [1.807, 2.05) is 30.3 Å². The number of pyridine rings is 1. The van der Waals surface area contributed by atoms with Crippen LogP contribution in [0.1, 0.15) is 62.0 Å². The Balaban J connectivity index is 1.20. The number of hydrogen-bond acceptors (Lipinski definition) is 6. The van der Waals surface area contributed by atoms with Crippen molar-refractivity contribution in [2.24, 2.45) is 0 Å². The highest BCUT2D eigenvalue weighted by Crippen LogP contribution is 2.24. The lowest BCUT2D eigenvalue weighted by atomic mass is 10.0. The molecule has 0 saturated carbocycles. The first-order valence-corrected chi connectivity index (χ1v) is 14.1. The first-order valence-electron chi connectivity index (χ1n) is 14.1. The standard InChI is InChI=1S/C36H31N3O5/c1-23(2)26-7-5-11-33(19-26)44-36(43)30-18-29(21-37-22-30)35(42)39-31-10-3-6-24(16-31)20-38-34(41)28-9-4-8-27(17-28)25-12-14-32(40)15-13-25/h3-19,21-23,40H,20H2,1-2H3,(H,38,41)(H,39,42). The zero-order chi connectivity index (χ0) is 31.1. The number of rotatable bonds is 9. The van der Waals surface area contributed by atoms with Gasteiger partial charge >= 0.3 is 5.97 Å². The molecule has 0 unspecified atom stereocenters. The van der Waals surface area contributed by atoms with E-state index in [2.05, 4.69) is 29.5 Å². The molecule has 0 bridgehead atoms. The number of esters is 1. The number of carbonyl (C=O) groups excluding carboxylic acids is 3. The Morgan fingerprint density at radius 1 is 0.750 bits per heavy atom. The van der Waals surface area contributed by atoms with E-state index in [0.717, 1.165) is 22.3 Å². The molecule has 4 aromatic carbocycles. The Hall–Kier alpha value is -5.76. The Labute approximate surface area is 255 Å².